The van der Waals surface area contributed by atoms with Crippen molar-refractivity contribution in [2.24, 2.45) is 5.73 Å². The Morgan fingerprint density at radius 3 is 2.60 bits per heavy atom. The number of benzene rings is 1. The van der Waals surface area contributed by atoms with Gasteiger partial charge in [0.1, 0.15) is 0 Å². The summed E-state index contributed by atoms with van der Waals surface area (Å²) in [6.45, 7) is 4.05. The van der Waals surface area contributed by atoms with E-state index in [1.165, 1.54) is 17.3 Å². The molecule has 0 saturated carbocycles. The second-order valence-corrected chi connectivity index (χ2v) is 6.20. The number of aromatic nitrogens is 2. The predicted octanol–water partition coefficient (Wildman–Crippen LogP) is 3.87. The zero-order valence-corrected chi connectivity index (χ0v) is 13.2. The van der Waals surface area contributed by atoms with Crippen LogP contribution in [0.1, 0.15) is 24.5 Å². The zero-order chi connectivity index (χ0) is 14.5. The number of nitrogens with two attached hydrogens (primary N) is 1. The van der Waals surface area contributed by atoms with Crippen LogP contribution >= 0.6 is 23.4 Å². The van der Waals surface area contributed by atoms with Gasteiger partial charge in [-0.15, -0.1) is 0 Å². The van der Waals surface area contributed by atoms with E-state index < -0.39 is 0 Å². The molecule has 1 aromatic carbocycles. The van der Waals surface area contributed by atoms with E-state index in [9.17, 15) is 0 Å². The van der Waals surface area contributed by atoms with Crippen LogP contribution in [0.15, 0.2) is 40.6 Å². The molecule has 0 spiro atoms. The van der Waals surface area contributed by atoms with Gasteiger partial charge in [0.2, 0.25) is 0 Å². The molecule has 0 amide bonds. The van der Waals surface area contributed by atoms with E-state index in [-0.39, 0.29) is 6.04 Å². The zero-order valence-electron chi connectivity index (χ0n) is 11.6. The third-order valence-corrected chi connectivity index (χ3v) is 4.37. The molecule has 0 aliphatic carbocycles. The third-order valence-electron chi connectivity index (χ3n) is 2.98. The van der Waals surface area contributed by atoms with E-state index in [1.54, 1.807) is 12.4 Å². The van der Waals surface area contributed by atoms with Crippen LogP contribution in [0.5, 0.6) is 0 Å². The van der Waals surface area contributed by atoms with Gasteiger partial charge >= 0.3 is 0 Å². The van der Waals surface area contributed by atoms with Gasteiger partial charge in [-0.1, -0.05) is 24.6 Å². The first kappa shape index (κ1) is 15.3. The van der Waals surface area contributed by atoms with E-state index in [2.05, 4.69) is 23.0 Å². The Hall–Kier alpha value is -1.10. The molecule has 0 fully saturated rings. The Kier molecular flexibility index (Phi) is 5.40. The molecule has 1 aromatic heterocycles. The second-order valence-electron chi connectivity index (χ2n) is 4.78. The van der Waals surface area contributed by atoms with Gasteiger partial charge in [-0.2, -0.15) is 0 Å². The van der Waals surface area contributed by atoms with Crippen LogP contribution in [0.25, 0.3) is 0 Å². The highest BCUT2D eigenvalue weighted by atomic mass is 35.5. The summed E-state index contributed by atoms with van der Waals surface area (Å²) in [6, 6.07) is 6.24. The maximum absolute atomic E-state index is 6.32. The van der Waals surface area contributed by atoms with Gasteiger partial charge in [0.15, 0.2) is 5.16 Å². The topological polar surface area (TPSA) is 51.8 Å². The average molecular weight is 308 g/mol. The summed E-state index contributed by atoms with van der Waals surface area (Å²) in [4.78, 5) is 9.51. The van der Waals surface area contributed by atoms with Gasteiger partial charge in [-0.05, 0) is 54.8 Å². The standard InChI is InChI=1S/C15H18ClN3S/c1-3-12(17)6-11-4-5-14(13(16)7-11)20-15-18-8-10(2)9-19-15/h4-5,7-9,12H,3,6,17H2,1-2H3. The SMILES string of the molecule is CCC(N)Cc1ccc(Sc2ncc(C)cn2)c(Cl)c1. The molecule has 0 aliphatic rings. The minimum absolute atomic E-state index is 0.185. The predicted molar refractivity (Wildman–Crippen MR) is 84.3 cm³/mol. The van der Waals surface area contributed by atoms with E-state index >= 15 is 0 Å². The molecule has 1 heterocycles. The van der Waals surface area contributed by atoms with E-state index in [0.717, 1.165) is 28.3 Å². The Labute approximate surface area is 129 Å². The van der Waals surface area contributed by atoms with Crippen LogP contribution in [0, 0.1) is 6.92 Å². The van der Waals surface area contributed by atoms with Crippen molar-refractivity contribution >= 4 is 23.4 Å². The molecule has 2 aromatic rings. The van der Waals surface area contributed by atoms with Crippen LogP contribution in [-0.2, 0) is 6.42 Å². The smallest absolute Gasteiger partial charge is 0.192 e. The molecule has 0 aliphatic heterocycles. The summed E-state index contributed by atoms with van der Waals surface area (Å²) in [5.74, 6) is 0. The molecular formula is C15H18ClN3S. The Bertz CT molecular complexity index is 572. The van der Waals surface area contributed by atoms with Crippen molar-refractivity contribution in [3.05, 3.63) is 46.7 Å². The van der Waals surface area contributed by atoms with E-state index in [1.807, 2.05) is 19.1 Å². The lowest BCUT2D eigenvalue weighted by atomic mass is 10.1. The normalized spacial score (nSPS) is 12.4. The van der Waals surface area contributed by atoms with Gasteiger partial charge in [-0.25, -0.2) is 9.97 Å². The molecule has 1 unspecified atom stereocenters. The molecule has 3 nitrogen and oxygen atoms in total. The third kappa shape index (κ3) is 4.20. The monoisotopic (exact) mass is 307 g/mol. The first-order chi connectivity index (χ1) is 9.58. The first-order valence-electron chi connectivity index (χ1n) is 6.59. The number of aryl methyl sites for hydroxylation is 1. The highest BCUT2D eigenvalue weighted by molar-refractivity contribution is 7.99. The summed E-state index contributed by atoms with van der Waals surface area (Å²) in [5, 5.41) is 1.43. The quantitative estimate of drug-likeness (QED) is 0.852. The maximum atomic E-state index is 6.32. The van der Waals surface area contributed by atoms with Gasteiger partial charge in [-0.3, -0.25) is 0 Å². The Morgan fingerprint density at radius 2 is 2.00 bits per heavy atom. The summed E-state index contributed by atoms with van der Waals surface area (Å²) in [5.41, 5.74) is 8.17. The first-order valence-corrected chi connectivity index (χ1v) is 7.78. The largest absolute Gasteiger partial charge is 0.327 e. The highest BCUT2D eigenvalue weighted by Crippen LogP contribution is 2.32. The molecule has 0 radical (unpaired) electrons. The lowest BCUT2D eigenvalue weighted by Crippen LogP contribution is -2.21. The van der Waals surface area contributed by atoms with Crippen molar-refractivity contribution in [3.63, 3.8) is 0 Å². The van der Waals surface area contributed by atoms with Crippen LogP contribution < -0.4 is 5.73 Å². The van der Waals surface area contributed by atoms with Crippen molar-refractivity contribution < 1.29 is 0 Å². The number of hydrogen-bond acceptors (Lipinski definition) is 4. The van der Waals surface area contributed by atoms with Crippen molar-refractivity contribution in [2.75, 3.05) is 0 Å². The van der Waals surface area contributed by atoms with Crippen LogP contribution in [-0.4, -0.2) is 16.0 Å². The number of halogens is 1. The van der Waals surface area contributed by atoms with E-state index in [4.69, 9.17) is 17.3 Å². The van der Waals surface area contributed by atoms with Crippen molar-refractivity contribution in [1.82, 2.24) is 9.97 Å². The maximum Gasteiger partial charge on any atom is 0.192 e. The molecule has 5 heteroatoms. The summed E-state index contributed by atoms with van der Waals surface area (Å²) < 4.78 is 0. The van der Waals surface area contributed by atoms with Crippen molar-refractivity contribution in [2.45, 2.75) is 42.8 Å². The van der Waals surface area contributed by atoms with Gasteiger partial charge < -0.3 is 5.73 Å². The molecule has 20 heavy (non-hydrogen) atoms. The fraction of sp³-hybridized carbons (Fsp3) is 0.333. The van der Waals surface area contributed by atoms with Crippen LogP contribution in [0.4, 0.5) is 0 Å². The molecule has 0 bridgehead atoms. The lowest BCUT2D eigenvalue weighted by molar-refractivity contribution is 0.646. The van der Waals surface area contributed by atoms with E-state index in [0.29, 0.717) is 5.16 Å². The molecule has 2 rings (SSSR count). The lowest BCUT2D eigenvalue weighted by Gasteiger charge is -2.10. The molecule has 0 saturated heterocycles. The summed E-state index contributed by atoms with van der Waals surface area (Å²) in [6.07, 6.45) is 5.42. The van der Waals surface area contributed by atoms with Crippen molar-refractivity contribution in [1.29, 1.82) is 0 Å². The molecule has 2 N–H and O–H groups in total. The summed E-state index contributed by atoms with van der Waals surface area (Å²) in [7, 11) is 0. The van der Waals surface area contributed by atoms with Gasteiger partial charge in [0.25, 0.3) is 0 Å². The Balaban J connectivity index is 2.11. The van der Waals surface area contributed by atoms with Gasteiger partial charge in [0.05, 0.1) is 5.02 Å². The molecule has 1 atom stereocenters. The summed E-state index contributed by atoms with van der Waals surface area (Å²) >= 11 is 7.79. The number of hydrogen-bond donors (Lipinski definition) is 1. The molecule has 106 valence electrons. The second kappa shape index (κ2) is 7.07. The van der Waals surface area contributed by atoms with Crippen LogP contribution in [0.2, 0.25) is 5.02 Å². The minimum atomic E-state index is 0.185. The van der Waals surface area contributed by atoms with Crippen molar-refractivity contribution in [3.8, 4) is 0 Å². The fourth-order valence-corrected chi connectivity index (χ4v) is 2.75. The Morgan fingerprint density at radius 1 is 1.30 bits per heavy atom. The number of nitrogens with zero attached hydrogens (tertiary/aromatic N) is 2. The highest BCUT2D eigenvalue weighted by Gasteiger charge is 2.08. The fourth-order valence-electron chi connectivity index (χ4n) is 1.73. The molecular weight excluding hydrogens is 290 g/mol. The minimum Gasteiger partial charge on any atom is -0.327 e. The van der Waals surface area contributed by atoms with Crippen LogP contribution in [0.3, 0.4) is 0 Å². The number of rotatable bonds is 5. The average Bonchev–Trinajstić information content (AvgIpc) is 2.44. The van der Waals surface area contributed by atoms with Gasteiger partial charge in [0, 0.05) is 23.3 Å².